The number of hydrogen-bond acceptors (Lipinski definition) is 1. The molecule has 0 bridgehead atoms. The molecular formula is C17H11FN2. The number of benzene rings is 2. The lowest BCUT2D eigenvalue weighted by atomic mass is 10.2. The molecule has 2 aromatic heterocycles. The Morgan fingerprint density at radius 1 is 0.900 bits per heavy atom. The first kappa shape index (κ1) is 11.2. The zero-order valence-electron chi connectivity index (χ0n) is 10.6. The highest BCUT2D eigenvalue weighted by molar-refractivity contribution is 5.90. The van der Waals surface area contributed by atoms with E-state index in [2.05, 4.69) is 4.98 Å². The first-order chi connectivity index (χ1) is 9.84. The van der Waals surface area contributed by atoms with Gasteiger partial charge in [0.25, 0.3) is 0 Å². The Kier molecular flexibility index (Phi) is 2.33. The van der Waals surface area contributed by atoms with Crippen LogP contribution in [0.15, 0.2) is 66.9 Å². The van der Waals surface area contributed by atoms with E-state index in [1.807, 2.05) is 54.6 Å². The monoisotopic (exact) mass is 262 g/mol. The number of aromatic nitrogens is 2. The van der Waals surface area contributed by atoms with Crippen LogP contribution in [0.4, 0.5) is 4.39 Å². The van der Waals surface area contributed by atoms with E-state index in [4.69, 9.17) is 0 Å². The standard InChI is InChI=1S/C17H11FN2/c18-17-11-12-5-1-4-8-15(12)20(17)16-9-10-19-14-7-3-2-6-13(14)16/h1-11H. The Bertz CT molecular complexity index is 919. The van der Waals surface area contributed by atoms with E-state index < -0.39 is 0 Å². The zero-order valence-corrected chi connectivity index (χ0v) is 10.6. The largest absolute Gasteiger partial charge is 0.286 e. The van der Waals surface area contributed by atoms with Gasteiger partial charge in [0.15, 0.2) is 5.95 Å². The summed E-state index contributed by atoms with van der Waals surface area (Å²) in [6.07, 6.45) is 1.71. The summed E-state index contributed by atoms with van der Waals surface area (Å²) in [5.74, 6) is -0.262. The van der Waals surface area contributed by atoms with Gasteiger partial charge in [0.2, 0.25) is 0 Å². The van der Waals surface area contributed by atoms with E-state index in [1.54, 1.807) is 16.8 Å². The van der Waals surface area contributed by atoms with Crippen LogP contribution in [0.1, 0.15) is 0 Å². The molecule has 20 heavy (non-hydrogen) atoms. The van der Waals surface area contributed by atoms with Gasteiger partial charge in [-0.1, -0.05) is 36.4 Å². The van der Waals surface area contributed by atoms with Crippen LogP contribution in [-0.4, -0.2) is 9.55 Å². The second kappa shape index (κ2) is 4.17. The van der Waals surface area contributed by atoms with Crippen LogP contribution in [0.25, 0.3) is 27.5 Å². The van der Waals surface area contributed by atoms with Crippen molar-refractivity contribution >= 4 is 21.8 Å². The van der Waals surface area contributed by atoms with Gasteiger partial charge in [0.1, 0.15) is 0 Å². The summed E-state index contributed by atoms with van der Waals surface area (Å²) in [6.45, 7) is 0. The minimum Gasteiger partial charge on any atom is -0.286 e. The molecule has 0 saturated heterocycles. The third-order valence-corrected chi connectivity index (χ3v) is 3.53. The Morgan fingerprint density at radius 3 is 2.65 bits per heavy atom. The van der Waals surface area contributed by atoms with Gasteiger partial charge in [-0.3, -0.25) is 9.55 Å². The number of hydrogen-bond donors (Lipinski definition) is 0. The molecule has 3 heteroatoms. The average molecular weight is 262 g/mol. The van der Waals surface area contributed by atoms with Crippen molar-refractivity contribution in [2.24, 2.45) is 0 Å². The SMILES string of the molecule is Fc1cc2ccccc2n1-c1ccnc2ccccc12. The topological polar surface area (TPSA) is 17.8 Å². The van der Waals surface area contributed by atoms with Crippen molar-refractivity contribution in [3.63, 3.8) is 0 Å². The maximum absolute atomic E-state index is 14.4. The van der Waals surface area contributed by atoms with Crippen LogP contribution in [0.2, 0.25) is 0 Å². The van der Waals surface area contributed by atoms with Crippen molar-refractivity contribution in [1.29, 1.82) is 0 Å². The van der Waals surface area contributed by atoms with Crippen LogP contribution in [-0.2, 0) is 0 Å². The number of halogens is 1. The number of nitrogens with zero attached hydrogens (tertiary/aromatic N) is 2. The van der Waals surface area contributed by atoms with Crippen LogP contribution in [0, 0.1) is 5.95 Å². The van der Waals surface area contributed by atoms with E-state index in [9.17, 15) is 4.39 Å². The summed E-state index contributed by atoms with van der Waals surface area (Å²) in [6, 6.07) is 18.8. The highest BCUT2D eigenvalue weighted by Crippen LogP contribution is 2.27. The molecule has 0 aliphatic heterocycles. The van der Waals surface area contributed by atoms with Gasteiger partial charge < -0.3 is 0 Å². The van der Waals surface area contributed by atoms with E-state index in [0.717, 1.165) is 27.5 Å². The molecule has 0 saturated carbocycles. The molecule has 0 aliphatic carbocycles. The predicted molar refractivity (Wildman–Crippen MR) is 78.5 cm³/mol. The highest BCUT2D eigenvalue weighted by Gasteiger charge is 2.12. The number of pyridine rings is 1. The van der Waals surface area contributed by atoms with Crippen molar-refractivity contribution in [1.82, 2.24) is 9.55 Å². The van der Waals surface area contributed by atoms with E-state index in [0.29, 0.717) is 0 Å². The molecule has 0 fully saturated rings. The third kappa shape index (κ3) is 1.53. The molecule has 4 aromatic rings. The van der Waals surface area contributed by atoms with E-state index >= 15 is 0 Å². The lowest BCUT2D eigenvalue weighted by Crippen LogP contribution is -1.98. The summed E-state index contributed by atoms with van der Waals surface area (Å²) >= 11 is 0. The van der Waals surface area contributed by atoms with Gasteiger partial charge in [0, 0.05) is 23.0 Å². The Morgan fingerprint density at radius 2 is 1.70 bits per heavy atom. The fourth-order valence-electron chi connectivity index (χ4n) is 2.64. The predicted octanol–water partition coefficient (Wildman–Crippen LogP) is 4.32. The normalized spacial score (nSPS) is 11.2. The van der Waals surface area contributed by atoms with Crippen molar-refractivity contribution in [2.45, 2.75) is 0 Å². The van der Waals surface area contributed by atoms with Crippen molar-refractivity contribution in [3.05, 3.63) is 72.8 Å². The molecule has 0 amide bonds. The third-order valence-electron chi connectivity index (χ3n) is 3.53. The maximum Gasteiger partial charge on any atom is 0.199 e. The molecule has 0 atom stereocenters. The maximum atomic E-state index is 14.4. The summed E-state index contributed by atoms with van der Waals surface area (Å²) in [7, 11) is 0. The molecule has 96 valence electrons. The molecular weight excluding hydrogens is 251 g/mol. The second-order valence-corrected chi connectivity index (χ2v) is 4.71. The number of rotatable bonds is 1. The first-order valence-corrected chi connectivity index (χ1v) is 6.45. The number of para-hydroxylation sites is 2. The molecule has 2 nitrogen and oxygen atoms in total. The molecule has 0 aliphatic rings. The van der Waals surface area contributed by atoms with Gasteiger partial charge in [-0.05, 0) is 18.2 Å². The minimum atomic E-state index is -0.262. The van der Waals surface area contributed by atoms with Gasteiger partial charge in [0.05, 0.1) is 16.7 Å². The number of fused-ring (bicyclic) bond motifs is 2. The first-order valence-electron chi connectivity index (χ1n) is 6.45. The summed E-state index contributed by atoms with van der Waals surface area (Å²) in [5.41, 5.74) is 2.54. The van der Waals surface area contributed by atoms with Crippen LogP contribution < -0.4 is 0 Å². The van der Waals surface area contributed by atoms with Gasteiger partial charge in [-0.25, -0.2) is 0 Å². The van der Waals surface area contributed by atoms with Crippen LogP contribution in [0.5, 0.6) is 0 Å². The highest BCUT2D eigenvalue weighted by atomic mass is 19.1. The van der Waals surface area contributed by atoms with Gasteiger partial charge in [-0.15, -0.1) is 0 Å². The quantitative estimate of drug-likeness (QED) is 0.499. The Labute approximate surface area is 115 Å². The lowest BCUT2D eigenvalue weighted by Gasteiger charge is -2.09. The molecule has 4 rings (SSSR count). The Hall–Kier alpha value is -2.68. The van der Waals surface area contributed by atoms with E-state index in [-0.39, 0.29) is 5.95 Å². The molecule has 0 N–H and O–H groups in total. The second-order valence-electron chi connectivity index (χ2n) is 4.71. The van der Waals surface area contributed by atoms with E-state index in [1.165, 1.54) is 0 Å². The molecule has 2 aromatic carbocycles. The molecule has 0 unspecified atom stereocenters. The van der Waals surface area contributed by atoms with Crippen molar-refractivity contribution in [2.75, 3.05) is 0 Å². The fourth-order valence-corrected chi connectivity index (χ4v) is 2.64. The summed E-state index contributed by atoms with van der Waals surface area (Å²) < 4.78 is 16.0. The minimum absolute atomic E-state index is 0.262. The lowest BCUT2D eigenvalue weighted by molar-refractivity contribution is 0.566. The summed E-state index contributed by atoms with van der Waals surface area (Å²) in [4.78, 5) is 4.33. The van der Waals surface area contributed by atoms with Gasteiger partial charge in [-0.2, -0.15) is 4.39 Å². The fraction of sp³-hybridized carbons (Fsp3) is 0. The zero-order chi connectivity index (χ0) is 13.5. The summed E-state index contributed by atoms with van der Waals surface area (Å²) in [5, 5.41) is 1.83. The van der Waals surface area contributed by atoms with Crippen molar-refractivity contribution in [3.8, 4) is 5.69 Å². The van der Waals surface area contributed by atoms with Crippen molar-refractivity contribution < 1.29 is 4.39 Å². The van der Waals surface area contributed by atoms with Gasteiger partial charge >= 0.3 is 0 Å². The molecule has 0 spiro atoms. The average Bonchev–Trinajstić information content (AvgIpc) is 2.82. The smallest absolute Gasteiger partial charge is 0.199 e. The molecule has 0 radical (unpaired) electrons. The Balaban J connectivity index is 2.14. The molecule has 2 heterocycles. The van der Waals surface area contributed by atoms with Crippen LogP contribution in [0.3, 0.4) is 0 Å². The van der Waals surface area contributed by atoms with Crippen LogP contribution >= 0.6 is 0 Å².